The van der Waals surface area contributed by atoms with Crippen LogP contribution in [0.5, 0.6) is 0 Å². The molecule has 1 aromatic heterocycles. The molecule has 1 atom stereocenters. The molecular weight excluding hydrogens is 242 g/mol. The minimum Gasteiger partial charge on any atom is -0.453 e. The van der Waals surface area contributed by atoms with Gasteiger partial charge in [0.05, 0.1) is 0 Å². The molecule has 2 rings (SSSR count). The van der Waals surface area contributed by atoms with Gasteiger partial charge in [0.2, 0.25) is 0 Å². The number of hydrogen-bond donors (Lipinski definition) is 0. The van der Waals surface area contributed by atoms with Crippen molar-refractivity contribution in [2.75, 3.05) is 0 Å². The van der Waals surface area contributed by atoms with E-state index < -0.39 is 6.10 Å². The molecule has 0 saturated carbocycles. The van der Waals surface area contributed by atoms with Crippen molar-refractivity contribution in [2.45, 2.75) is 13.0 Å². The average molecular weight is 257 g/mol. The fraction of sp³-hybridized carbons (Fsp3) is 0.200. The van der Waals surface area contributed by atoms with Crippen LogP contribution in [0.3, 0.4) is 0 Å². The van der Waals surface area contributed by atoms with Crippen LogP contribution in [-0.2, 0) is 16.6 Å². The van der Waals surface area contributed by atoms with Gasteiger partial charge in [-0.2, -0.15) is 0 Å². The van der Waals surface area contributed by atoms with E-state index in [0.717, 1.165) is 10.9 Å². The summed E-state index contributed by atoms with van der Waals surface area (Å²) < 4.78 is 6.71. The Hall–Kier alpha value is -2.36. The number of carbonyl (C=O) groups is 1. The second-order valence-corrected chi connectivity index (χ2v) is 4.31. The highest BCUT2D eigenvalue weighted by Gasteiger charge is 2.15. The molecule has 0 N–H and O–H groups in total. The van der Waals surface area contributed by atoms with Crippen LogP contribution >= 0.6 is 0 Å². The predicted molar refractivity (Wildman–Crippen MR) is 73.9 cm³/mol. The number of carbonyl (C=O) groups excluding carboxylic acids is 1. The van der Waals surface area contributed by atoms with Crippen LogP contribution in [-0.4, -0.2) is 10.5 Å². The van der Waals surface area contributed by atoms with E-state index in [4.69, 9.17) is 4.74 Å². The highest BCUT2D eigenvalue weighted by Crippen LogP contribution is 2.25. The molecule has 1 aromatic carbocycles. The molecule has 19 heavy (non-hydrogen) atoms. The topological polar surface area (TPSA) is 48.3 Å². The van der Waals surface area contributed by atoms with Gasteiger partial charge in [-0.25, -0.2) is 0 Å². The van der Waals surface area contributed by atoms with E-state index in [1.165, 1.54) is 11.5 Å². The maximum absolute atomic E-state index is 12.0. The zero-order valence-electron chi connectivity index (χ0n) is 10.9. The van der Waals surface area contributed by atoms with E-state index in [1.807, 2.05) is 12.1 Å². The van der Waals surface area contributed by atoms with E-state index in [-0.39, 0.29) is 11.5 Å². The quantitative estimate of drug-likeness (QED) is 0.626. The van der Waals surface area contributed by atoms with E-state index >= 15 is 0 Å². The van der Waals surface area contributed by atoms with Gasteiger partial charge in [0.25, 0.3) is 5.56 Å². The lowest BCUT2D eigenvalue weighted by atomic mass is 10.0. The molecule has 0 aliphatic rings. The predicted octanol–water partition coefficient (Wildman–Crippen LogP) is 2.33. The number of benzene rings is 1. The Morgan fingerprint density at radius 3 is 2.74 bits per heavy atom. The number of ether oxygens (including phenoxy) is 1. The molecule has 1 unspecified atom stereocenters. The molecule has 4 nitrogen and oxygen atoms in total. The summed E-state index contributed by atoms with van der Waals surface area (Å²) >= 11 is 0. The smallest absolute Gasteiger partial charge is 0.303 e. The molecular formula is C15H15NO3. The minimum atomic E-state index is -0.548. The summed E-state index contributed by atoms with van der Waals surface area (Å²) in [7, 11) is 1.70. The third kappa shape index (κ3) is 2.42. The lowest BCUT2D eigenvalue weighted by Gasteiger charge is -2.15. The van der Waals surface area contributed by atoms with Crippen LogP contribution in [0, 0.1) is 0 Å². The van der Waals surface area contributed by atoms with Crippen molar-refractivity contribution in [1.29, 1.82) is 0 Å². The molecule has 0 aliphatic heterocycles. The normalized spacial score (nSPS) is 12.1. The zero-order chi connectivity index (χ0) is 14.0. The minimum absolute atomic E-state index is 0.0787. The molecule has 0 fully saturated rings. The van der Waals surface area contributed by atoms with Crippen molar-refractivity contribution in [1.82, 2.24) is 4.57 Å². The largest absolute Gasteiger partial charge is 0.453 e. The van der Waals surface area contributed by atoms with Crippen LogP contribution in [0.2, 0.25) is 0 Å². The fourth-order valence-corrected chi connectivity index (χ4v) is 2.07. The number of esters is 1. The monoisotopic (exact) mass is 257 g/mol. The number of nitrogens with zero attached hydrogens (tertiary/aromatic N) is 1. The van der Waals surface area contributed by atoms with Gasteiger partial charge in [-0.15, -0.1) is 0 Å². The summed E-state index contributed by atoms with van der Waals surface area (Å²) in [6, 6.07) is 7.21. The molecule has 4 heteroatoms. The van der Waals surface area contributed by atoms with E-state index in [2.05, 4.69) is 6.58 Å². The second kappa shape index (κ2) is 5.10. The first-order valence-electron chi connectivity index (χ1n) is 5.92. The van der Waals surface area contributed by atoms with Crippen LogP contribution < -0.4 is 5.56 Å². The van der Waals surface area contributed by atoms with Crippen molar-refractivity contribution in [3.8, 4) is 0 Å². The number of pyridine rings is 1. The first-order valence-corrected chi connectivity index (χ1v) is 5.92. The van der Waals surface area contributed by atoms with Gasteiger partial charge in [0, 0.05) is 31.1 Å². The number of aromatic nitrogens is 1. The molecule has 0 radical (unpaired) electrons. The summed E-state index contributed by atoms with van der Waals surface area (Å²) in [6.45, 7) is 5.02. The van der Waals surface area contributed by atoms with Gasteiger partial charge < -0.3 is 9.30 Å². The summed E-state index contributed by atoms with van der Waals surface area (Å²) in [6.07, 6.45) is 2.70. The Bertz CT molecular complexity index is 700. The zero-order valence-corrected chi connectivity index (χ0v) is 10.9. The van der Waals surface area contributed by atoms with Crippen LogP contribution in [0.1, 0.15) is 18.6 Å². The van der Waals surface area contributed by atoms with Gasteiger partial charge >= 0.3 is 5.97 Å². The number of fused-ring (bicyclic) bond motifs is 1. The molecule has 0 saturated heterocycles. The highest BCUT2D eigenvalue weighted by atomic mass is 16.5. The standard InChI is InChI=1S/C15H15NO3/c1-4-14(19-10(2)17)12-6-5-7-13-11(12)8-9-16(3)15(13)18/h4-9,14H,1H2,2-3H3. The Balaban J connectivity index is 2.67. The first-order chi connectivity index (χ1) is 9.04. The summed E-state index contributed by atoms with van der Waals surface area (Å²) in [4.78, 5) is 23.2. The van der Waals surface area contributed by atoms with Gasteiger partial charge in [0.15, 0.2) is 0 Å². The van der Waals surface area contributed by atoms with Crippen molar-refractivity contribution >= 4 is 16.7 Å². The van der Waals surface area contributed by atoms with Crippen molar-refractivity contribution < 1.29 is 9.53 Å². The number of rotatable bonds is 3. The SMILES string of the molecule is C=CC(OC(C)=O)c1cccc2c(=O)n(C)ccc12. The molecule has 1 heterocycles. The Labute approximate surface area is 110 Å². The highest BCUT2D eigenvalue weighted by molar-refractivity contribution is 5.85. The summed E-state index contributed by atoms with van der Waals surface area (Å²) in [5.74, 6) is -0.384. The Morgan fingerprint density at radius 2 is 2.11 bits per heavy atom. The second-order valence-electron chi connectivity index (χ2n) is 4.31. The maximum Gasteiger partial charge on any atom is 0.303 e. The van der Waals surface area contributed by atoms with Gasteiger partial charge in [-0.1, -0.05) is 18.7 Å². The van der Waals surface area contributed by atoms with Crippen LogP contribution in [0.25, 0.3) is 10.8 Å². The summed E-state index contributed by atoms with van der Waals surface area (Å²) in [5, 5.41) is 1.37. The Morgan fingerprint density at radius 1 is 1.37 bits per heavy atom. The number of aryl methyl sites for hydroxylation is 1. The maximum atomic E-state index is 12.0. The van der Waals surface area contributed by atoms with Crippen molar-refractivity contribution in [3.05, 3.63) is 59.0 Å². The lowest BCUT2D eigenvalue weighted by Crippen LogP contribution is -2.16. The van der Waals surface area contributed by atoms with E-state index in [1.54, 1.807) is 31.5 Å². The Kier molecular flexibility index (Phi) is 3.51. The molecule has 0 aliphatic carbocycles. The van der Waals surface area contributed by atoms with Gasteiger partial charge in [-0.05, 0) is 23.6 Å². The molecule has 2 aromatic rings. The fourth-order valence-electron chi connectivity index (χ4n) is 2.07. The molecule has 0 amide bonds. The average Bonchev–Trinajstić information content (AvgIpc) is 2.39. The summed E-state index contributed by atoms with van der Waals surface area (Å²) in [5.41, 5.74) is 0.686. The van der Waals surface area contributed by atoms with Crippen molar-refractivity contribution in [2.24, 2.45) is 7.05 Å². The third-order valence-corrected chi connectivity index (χ3v) is 2.97. The van der Waals surface area contributed by atoms with Crippen LogP contribution in [0.4, 0.5) is 0 Å². The third-order valence-electron chi connectivity index (χ3n) is 2.97. The molecule has 0 spiro atoms. The van der Waals surface area contributed by atoms with Crippen LogP contribution in [0.15, 0.2) is 47.9 Å². The lowest BCUT2D eigenvalue weighted by molar-refractivity contribution is -0.144. The molecule has 0 bridgehead atoms. The van der Waals surface area contributed by atoms with E-state index in [0.29, 0.717) is 5.39 Å². The van der Waals surface area contributed by atoms with Crippen molar-refractivity contribution in [3.63, 3.8) is 0 Å². The van der Waals surface area contributed by atoms with Gasteiger partial charge in [-0.3, -0.25) is 9.59 Å². The first kappa shape index (κ1) is 13.1. The van der Waals surface area contributed by atoms with E-state index in [9.17, 15) is 9.59 Å². The number of hydrogen-bond acceptors (Lipinski definition) is 3. The van der Waals surface area contributed by atoms with Gasteiger partial charge in [0.1, 0.15) is 6.10 Å². The molecule has 98 valence electrons.